The van der Waals surface area contributed by atoms with Crippen molar-refractivity contribution in [3.05, 3.63) is 46.6 Å². The Balaban J connectivity index is 1.77. The second kappa shape index (κ2) is 9.94. The number of phenols is 3. The third-order valence-corrected chi connectivity index (χ3v) is 5.50. The van der Waals surface area contributed by atoms with E-state index in [1.807, 2.05) is 0 Å². The van der Waals surface area contributed by atoms with Gasteiger partial charge in [0.15, 0.2) is 5.76 Å². The van der Waals surface area contributed by atoms with Crippen LogP contribution in [0.4, 0.5) is 0 Å². The Labute approximate surface area is 205 Å². The Hall–Kier alpha value is -4.37. The number of aliphatic carboxylic acids is 1. The predicted molar refractivity (Wildman–Crippen MR) is 119 cm³/mol. The van der Waals surface area contributed by atoms with Crippen LogP contribution >= 0.6 is 0 Å². The summed E-state index contributed by atoms with van der Waals surface area (Å²) in [5.74, 6) is -5.70. The molecule has 5 atom stereocenters. The Morgan fingerprint density at radius 3 is 2.24 bits per heavy atom. The number of benzene rings is 2. The molecule has 1 aliphatic rings. The van der Waals surface area contributed by atoms with E-state index >= 15 is 0 Å². The lowest BCUT2D eigenvalue weighted by molar-refractivity contribution is -0.278. The molecule has 2 heterocycles. The first kappa shape index (κ1) is 25.7. The van der Waals surface area contributed by atoms with Crippen LogP contribution in [0.2, 0.25) is 0 Å². The van der Waals surface area contributed by atoms with Crippen LogP contribution in [0.15, 0.2) is 45.6 Å². The molecule has 37 heavy (non-hydrogen) atoms. The molecule has 0 amide bonds. The van der Waals surface area contributed by atoms with Crippen LogP contribution in [0.1, 0.15) is 0 Å². The topological polar surface area (TPSA) is 234 Å². The number of phenolic OH excluding ortho intramolecular Hbond substituents is 3. The highest BCUT2D eigenvalue weighted by molar-refractivity contribution is 6.28. The molecule has 1 aliphatic heterocycles. The van der Waals surface area contributed by atoms with Gasteiger partial charge in [-0.05, 0) is 24.3 Å². The van der Waals surface area contributed by atoms with Gasteiger partial charge < -0.3 is 54.4 Å². The van der Waals surface area contributed by atoms with Gasteiger partial charge in [-0.1, -0.05) is 0 Å². The Morgan fingerprint density at radius 2 is 1.59 bits per heavy atom. The maximum atomic E-state index is 13.4. The molecule has 1 saturated heterocycles. The molecule has 0 spiro atoms. The minimum atomic E-state index is -1.96. The number of carboxylic acids is 1. The number of rotatable bonds is 5. The summed E-state index contributed by atoms with van der Waals surface area (Å²) in [7, 11) is 0. The zero-order chi connectivity index (χ0) is 27.0. The summed E-state index contributed by atoms with van der Waals surface area (Å²) in [6.45, 7) is -0.854. The van der Waals surface area contributed by atoms with Crippen LogP contribution < -0.4 is 10.2 Å². The van der Waals surface area contributed by atoms with Crippen LogP contribution in [0.25, 0.3) is 22.3 Å². The number of hydrogen-bond donors (Lipinski definition) is 7. The summed E-state index contributed by atoms with van der Waals surface area (Å²) in [4.78, 5) is 35.3. The van der Waals surface area contributed by atoms with Crippen molar-refractivity contribution < 1.29 is 64.0 Å². The molecule has 7 N–H and O–H groups in total. The van der Waals surface area contributed by atoms with Crippen molar-refractivity contribution in [1.82, 2.24) is 0 Å². The molecule has 0 unspecified atom stereocenters. The second-order valence-electron chi connectivity index (χ2n) is 8.01. The van der Waals surface area contributed by atoms with Gasteiger partial charge in [0.2, 0.25) is 17.5 Å². The van der Waals surface area contributed by atoms with E-state index in [2.05, 4.69) is 4.74 Å². The summed E-state index contributed by atoms with van der Waals surface area (Å²) in [5.41, 5.74) is -1.04. The van der Waals surface area contributed by atoms with Gasteiger partial charge in [0, 0.05) is 17.7 Å². The van der Waals surface area contributed by atoms with Crippen molar-refractivity contribution in [3.8, 4) is 34.3 Å². The average molecular weight is 520 g/mol. The minimum Gasteiger partial charge on any atom is -0.508 e. The molecule has 0 bridgehead atoms. The van der Waals surface area contributed by atoms with Crippen LogP contribution in [-0.4, -0.2) is 85.0 Å². The number of carboxylic acid groups (broad SMARTS) is 1. The van der Waals surface area contributed by atoms with E-state index in [4.69, 9.17) is 19.0 Å². The molecule has 0 radical (unpaired) electrons. The van der Waals surface area contributed by atoms with Gasteiger partial charge in [0.1, 0.15) is 59.2 Å². The summed E-state index contributed by atoms with van der Waals surface area (Å²) in [6.07, 6.45) is -9.21. The molecule has 196 valence electrons. The highest BCUT2D eigenvalue weighted by Crippen LogP contribution is 2.37. The van der Waals surface area contributed by atoms with Crippen molar-refractivity contribution in [2.24, 2.45) is 0 Å². The normalized spacial score (nSPS) is 23.5. The fourth-order valence-electron chi connectivity index (χ4n) is 3.67. The standard InChI is InChI=1S/C23H20O14/c24-9-3-1-8(2-4-9)19-20(16(28)14-11(26)5-10(25)6-12(14)35-19)37-23-18(30)17(29)15(27)13(36-23)7-34-22(33)21(31)32/h1-6,13,15,17-18,23-27,29-30H,7H2,(H,31,32)/t13-,15-,17+,18-,23+/m1/s1. The number of ether oxygens (including phenoxy) is 3. The van der Waals surface area contributed by atoms with Crippen LogP contribution in [0.5, 0.6) is 23.0 Å². The first-order valence-electron chi connectivity index (χ1n) is 10.6. The van der Waals surface area contributed by atoms with Gasteiger partial charge in [0.05, 0.1) is 0 Å². The number of aromatic hydroxyl groups is 3. The fraction of sp³-hybridized carbons (Fsp3) is 0.261. The summed E-state index contributed by atoms with van der Waals surface area (Å²) in [6, 6.07) is 7.16. The molecule has 0 aliphatic carbocycles. The van der Waals surface area contributed by atoms with E-state index in [1.54, 1.807) is 0 Å². The number of esters is 1. The lowest BCUT2D eigenvalue weighted by atomic mass is 9.99. The van der Waals surface area contributed by atoms with E-state index in [0.717, 1.165) is 12.1 Å². The van der Waals surface area contributed by atoms with Crippen LogP contribution in [-0.2, 0) is 19.1 Å². The number of hydrogen-bond acceptors (Lipinski definition) is 13. The van der Waals surface area contributed by atoms with Gasteiger partial charge in [-0.3, -0.25) is 4.79 Å². The van der Waals surface area contributed by atoms with E-state index in [-0.39, 0.29) is 22.7 Å². The number of aliphatic hydroxyl groups excluding tert-OH is 3. The van der Waals surface area contributed by atoms with Crippen molar-refractivity contribution in [1.29, 1.82) is 0 Å². The summed E-state index contributed by atoms with van der Waals surface area (Å²) >= 11 is 0. The highest BCUT2D eigenvalue weighted by atomic mass is 16.7. The molecule has 4 rings (SSSR count). The third kappa shape index (κ3) is 4.99. The number of aliphatic hydroxyl groups is 3. The molecule has 14 nitrogen and oxygen atoms in total. The number of carbonyl (C=O) groups excluding carboxylic acids is 1. The second-order valence-corrected chi connectivity index (χ2v) is 8.01. The van der Waals surface area contributed by atoms with Gasteiger partial charge in [0.25, 0.3) is 0 Å². The molecule has 0 saturated carbocycles. The zero-order valence-corrected chi connectivity index (χ0v) is 18.5. The smallest absolute Gasteiger partial charge is 0.417 e. The van der Waals surface area contributed by atoms with Gasteiger partial charge in [-0.25, -0.2) is 9.59 Å². The minimum absolute atomic E-state index is 0.119. The van der Waals surface area contributed by atoms with E-state index in [9.17, 15) is 45.0 Å². The maximum Gasteiger partial charge on any atom is 0.417 e. The molecular weight excluding hydrogens is 500 g/mol. The first-order chi connectivity index (χ1) is 17.5. The average Bonchev–Trinajstić information content (AvgIpc) is 2.84. The summed E-state index contributed by atoms with van der Waals surface area (Å²) in [5, 5.41) is 68.8. The maximum absolute atomic E-state index is 13.4. The SMILES string of the molecule is O=C(O)C(=O)OC[C@H]1O[C@@H](Oc2c(-c3ccc(O)cc3)oc3cc(O)cc(O)c3c2=O)[C@H](O)[C@@H](O)[C@@H]1O. The molecule has 2 aromatic carbocycles. The molecule has 3 aromatic rings. The number of fused-ring (bicyclic) bond motifs is 1. The van der Waals surface area contributed by atoms with Crippen LogP contribution in [0, 0.1) is 0 Å². The van der Waals surface area contributed by atoms with E-state index in [0.29, 0.717) is 0 Å². The van der Waals surface area contributed by atoms with Crippen molar-refractivity contribution in [2.75, 3.05) is 6.61 Å². The highest BCUT2D eigenvalue weighted by Gasteiger charge is 2.46. The largest absolute Gasteiger partial charge is 0.508 e. The lowest BCUT2D eigenvalue weighted by Gasteiger charge is -2.39. The van der Waals surface area contributed by atoms with Crippen molar-refractivity contribution in [3.63, 3.8) is 0 Å². The monoisotopic (exact) mass is 520 g/mol. The number of carbonyl (C=O) groups is 2. The van der Waals surface area contributed by atoms with E-state index < -0.39 is 77.3 Å². The van der Waals surface area contributed by atoms with Crippen molar-refractivity contribution in [2.45, 2.75) is 30.7 Å². The zero-order valence-electron chi connectivity index (χ0n) is 18.5. The van der Waals surface area contributed by atoms with E-state index in [1.165, 1.54) is 24.3 Å². The van der Waals surface area contributed by atoms with Gasteiger partial charge >= 0.3 is 11.9 Å². The lowest BCUT2D eigenvalue weighted by Crippen LogP contribution is -2.60. The van der Waals surface area contributed by atoms with Crippen LogP contribution in [0.3, 0.4) is 0 Å². The van der Waals surface area contributed by atoms with Crippen molar-refractivity contribution >= 4 is 22.9 Å². The Morgan fingerprint density at radius 1 is 0.919 bits per heavy atom. The quantitative estimate of drug-likeness (QED) is 0.164. The predicted octanol–water partition coefficient (Wildman–Crippen LogP) is -0.609. The Kier molecular flexibility index (Phi) is 6.91. The Bertz CT molecular complexity index is 1400. The first-order valence-corrected chi connectivity index (χ1v) is 10.6. The van der Waals surface area contributed by atoms with Gasteiger partial charge in [-0.2, -0.15) is 0 Å². The fourth-order valence-corrected chi connectivity index (χ4v) is 3.67. The third-order valence-electron chi connectivity index (χ3n) is 5.50. The molecular formula is C23H20O14. The molecule has 1 aromatic heterocycles. The summed E-state index contributed by atoms with van der Waals surface area (Å²) < 4.78 is 21.1. The van der Waals surface area contributed by atoms with Gasteiger partial charge in [-0.15, -0.1) is 0 Å². The molecule has 14 heteroatoms. The molecule has 1 fully saturated rings.